The summed E-state index contributed by atoms with van der Waals surface area (Å²) in [7, 11) is 0. The van der Waals surface area contributed by atoms with Crippen LogP contribution in [0.4, 0.5) is 0 Å². The highest BCUT2D eigenvalue weighted by Crippen LogP contribution is 2.21. The van der Waals surface area contributed by atoms with Crippen LogP contribution in [0.5, 0.6) is 0 Å². The number of allylic oxidation sites excluding steroid dienone is 1. The number of ether oxygens (including phenoxy) is 1. The molecule has 3 heteroatoms. The number of carbonyl (C=O) groups is 1. The van der Waals surface area contributed by atoms with E-state index in [2.05, 4.69) is 39.6 Å². The monoisotopic (exact) mass is 678 g/mol. The fourth-order valence-corrected chi connectivity index (χ4v) is 6.54. The van der Waals surface area contributed by atoms with Crippen LogP contribution >= 0.6 is 0 Å². The molecule has 3 nitrogen and oxygen atoms in total. The largest absolute Gasteiger partial charge is 0.466 e. The molecular weight excluding hydrogens is 587 g/mol. The number of esters is 1. The molecule has 0 rings (SSSR count). The molecule has 0 unspecified atom stereocenters. The lowest BCUT2D eigenvalue weighted by Crippen LogP contribution is -2.16. The summed E-state index contributed by atoms with van der Waals surface area (Å²) >= 11 is 0. The second-order valence-electron chi connectivity index (χ2n) is 14.8. The average molecular weight is 678 g/mol. The van der Waals surface area contributed by atoms with Crippen LogP contribution in [0, 0.1) is 5.92 Å². The summed E-state index contributed by atoms with van der Waals surface area (Å²) in [6, 6.07) is 0. The van der Waals surface area contributed by atoms with Crippen molar-refractivity contribution < 1.29 is 9.53 Å². The molecule has 0 aliphatic rings. The third-order valence-electron chi connectivity index (χ3n) is 10.0. The van der Waals surface area contributed by atoms with Crippen molar-refractivity contribution in [2.45, 2.75) is 246 Å². The molecule has 0 fully saturated rings. The molecular formula is C45H91NO2. The van der Waals surface area contributed by atoms with Gasteiger partial charge in [-0.25, -0.2) is 0 Å². The summed E-state index contributed by atoms with van der Waals surface area (Å²) in [6.07, 6.45) is 47.0. The summed E-state index contributed by atoms with van der Waals surface area (Å²) in [5.41, 5.74) is 0. The Balaban J connectivity index is 0. The highest BCUT2D eigenvalue weighted by atomic mass is 16.5. The van der Waals surface area contributed by atoms with Gasteiger partial charge in [-0.05, 0) is 57.5 Å². The maximum atomic E-state index is 11.7. The summed E-state index contributed by atoms with van der Waals surface area (Å²) in [5, 5.41) is 3.55. The van der Waals surface area contributed by atoms with Gasteiger partial charge < -0.3 is 10.1 Å². The van der Waals surface area contributed by atoms with Crippen molar-refractivity contribution in [3.63, 3.8) is 0 Å². The quantitative estimate of drug-likeness (QED) is 0.0400. The minimum absolute atomic E-state index is 0.00198. The zero-order chi connectivity index (χ0) is 35.4. The van der Waals surface area contributed by atoms with Crippen molar-refractivity contribution in [1.82, 2.24) is 5.32 Å². The maximum Gasteiger partial charge on any atom is 0.305 e. The molecule has 1 N–H and O–H groups in total. The highest BCUT2D eigenvalue weighted by molar-refractivity contribution is 5.69. The van der Waals surface area contributed by atoms with Gasteiger partial charge in [0.25, 0.3) is 0 Å². The standard InChI is InChI=1S/C26H51NO2.C19H40/c1-3-5-7-9-11-15-19-23-27-24-20-16-13-14-18-22-26(28)29-25-21-17-12-10-8-6-4-2;1-4-7-9-11-13-15-17-19(6-3)18-16-14-12-10-8-5-2/h3,27H,1,4-25H2,2H3;19H,4-18H2,1-3H3. The first-order valence-electron chi connectivity index (χ1n) is 22.1. The Bertz CT molecular complexity index is 576. The Kier molecular flexibility index (Phi) is 47.4. The second kappa shape index (κ2) is 46.2. The molecule has 0 aliphatic heterocycles. The van der Waals surface area contributed by atoms with E-state index in [1.165, 1.54) is 193 Å². The smallest absolute Gasteiger partial charge is 0.305 e. The number of hydrogen-bond acceptors (Lipinski definition) is 3. The van der Waals surface area contributed by atoms with Crippen LogP contribution in [0.25, 0.3) is 0 Å². The van der Waals surface area contributed by atoms with Gasteiger partial charge in [-0.1, -0.05) is 207 Å². The van der Waals surface area contributed by atoms with Crippen LogP contribution in [0.3, 0.4) is 0 Å². The van der Waals surface area contributed by atoms with Gasteiger partial charge in [-0.3, -0.25) is 4.79 Å². The minimum Gasteiger partial charge on any atom is -0.466 e. The molecule has 0 radical (unpaired) electrons. The molecule has 0 saturated carbocycles. The lowest BCUT2D eigenvalue weighted by molar-refractivity contribution is -0.143. The molecule has 0 bridgehead atoms. The molecule has 0 amide bonds. The zero-order valence-corrected chi connectivity index (χ0v) is 33.8. The van der Waals surface area contributed by atoms with Crippen LogP contribution in [0.2, 0.25) is 0 Å². The normalized spacial score (nSPS) is 11.1. The van der Waals surface area contributed by atoms with E-state index < -0.39 is 0 Å². The first-order valence-corrected chi connectivity index (χ1v) is 22.1. The van der Waals surface area contributed by atoms with E-state index in [-0.39, 0.29) is 5.97 Å². The van der Waals surface area contributed by atoms with Gasteiger partial charge >= 0.3 is 5.97 Å². The predicted molar refractivity (Wildman–Crippen MR) is 217 cm³/mol. The number of carbonyl (C=O) groups excluding carboxylic acids is 1. The molecule has 48 heavy (non-hydrogen) atoms. The predicted octanol–water partition coefficient (Wildman–Crippen LogP) is 15.3. The van der Waals surface area contributed by atoms with Crippen LogP contribution < -0.4 is 5.32 Å². The maximum absolute atomic E-state index is 11.7. The summed E-state index contributed by atoms with van der Waals surface area (Å²) in [6.45, 7) is 15.9. The molecule has 0 saturated heterocycles. The van der Waals surface area contributed by atoms with Gasteiger partial charge in [-0.15, -0.1) is 6.58 Å². The fraction of sp³-hybridized carbons (Fsp3) is 0.933. The third-order valence-corrected chi connectivity index (χ3v) is 10.0. The van der Waals surface area contributed by atoms with Crippen LogP contribution in [0.1, 0.15) is 246 Å². The molecule has 0 aromatic rings. The molecule has 0 aromatic carbocycles. The van der Waals surface area contributed by atoms with Crippen molar-refractivity contribution >= 4 is 5.97 Å². The van der Waals surface area contributed by atoms with Crippen LogP contribution in [-0.2, 0) is 9.53 Å². The van der Waals surface area contributed by atoms with Crippen molar-refractivity contribution in [1.29, 1.82) is 0 Å². The van der Waals surface area contributed by atoms with Crippen molar-refractivity contribution in [3.05, 3.63) is 12.7 Å². The zero-order valence-electron chi connectivity index (χ0n) is 33.8. The lowest BCUT2D eigenvalue weighted by atomic mass is 9.92. The molecule has 0 aromatic heterocycles. The summed E-state index contributed by atoms with van der Waals surface area (Å²) in [5.74, 6) is 1.03. The van der Waals surface area contributed by atoms with E-state index in [9.17, 15) is 4.79 Å². The van der Waals surface area contributed by atoms with Gasteiger partial charge in [0.15, 0.2) is 0 Å². The van der Waals surface area contributed by atoms with E-state index in [0.29, 0.717) is 13.0 Å². The van der Waals surface area contributed by atoms with Gasteiger partial charge in [0.2, 0.25) is 0 Å². The number of unbranched alkanes of at least 4 members (excludes halogenated alkanes) is 25. The third kappa shape index (κ3) is 45.2. The number of nitrogens with one attached hydrogen (secondary N) is 1. The summed E-state index contributed by atoms with van der Waals surface area (Å²) in [4.78, 5) is 11.7. The molecule has 0 heterocycles. The Morgan fingerprint density at radius 1 is 0.521 bits per heavy atom. The van der Waals surface area contributed by atoms with Gasteiger partial charge in [0, 0.05) is 6.42 Å². The first-order chi connectivity index (χ1) is 23.7. The Hall–Kier alpha value is -0.830. The Morgan fingerprint density at radius 3 is 1.38 bits per heavy atom. The first kappa shape index (κ1) is 49.3. The van der Waals surface area contributed by atoms with Crippen molar-refractivity contribution in [3.8, 4) is 0 Å². The van der Waals surface area contributed by atoms with E-state index >= 15 is 0 Å². The van der Waals surface area contributed by atoms with E-state index in [4.69, 9.17) is 4.74 Å². The molecule has 0 atom stereocenters. The molecule has 0 aliphatic carbocycles. The van der Waals surface area contributed by atoms with E-state index in [1.807, 2.05) is 6.08 Å². The van der Waals surface area contributed by atoms with Crippen molar-refractivity contribution in [2.75, 3.05) is 19.7 Å². The minimum atomic E-state index is 0.00198. The van der Waals surface area contributed by atoms with Crippen LogP contribution in [-0.4, -0.2) is 25.7 Å². The summed E-state index contributed by atoms with van der Waals surface area (Å²) < 4.78 is 5.34. The Morgan fingerprint density at radius 2 is 0.917 bits per heavy atom. The van der Waals surface area contributed by atoms with Crippen LogP contribution in [0.15, 0.2) is 12.7 Å². The van der Waals surface area contributed by atoms with E-state index in [0.717, 1.165) is 38.3 Å². The topological polar surface area (TPSA) is 38.3 Å². The number of rotatable bonds is 39. The SMILES string of the molecule is C=CCCCCCCCNCCCCCCCC(=O)OCCCCCCCCC.CCCCCCCCC(CC)CCCCCCCC. The van der Waals surface area contributed by atoms with Gasteiger partial charge in [0.05, 0.1) is 6.61 Å². The number of hydrogen-bond donors (Lipinski definition) is 1. The fourth-order valence-electron chi connectivity index (χ4n) is 6.54. The van der Waals surface area contributed by atoms with Gasteiger partial charge in [0.1, 0.15) is 0 Å². The molecule has 288 valence electrons. The van der Waals surface area contributed by atoms with Gasteiger partial charge in [-0.2, -0.15) is 0 Å². The highest BCUT2D eigenvalue weighted by Gasteiger charge is 2.06. The van der Waals surface area contributed by atoms with E-state index in [1.54, 1.807) is 0 Å². The Labute approximate surface area is 304 Å². The molecule has 0 spiro atoms. The average Bonchev–Trinajstić information content (AvgIpc) is 3.10. The van der Waals surface area contributed by atoms with Crippen molar-refractivity contribution in [2.24, 2.45) is 5.92 Å². The second-order valence-corrected chi connectivity index (χ2v) is 14.8. The lowest BCUT2D eigenvalue weighted by Gasteiger charge is -2.14.